The summed E-state index contributed by atoms with van der Waals surface area (Å²) in [5.74, 6) is 0.602. The van der Waals surface area contributed by atoms with Crippen LogP contribution in [-0.2, 0) is 0 Å². The van der Waals surface area contributed by atoms with Crippen molar-refractivity contribution in [3.8, 4) is 22.8 Å². The molecule has 0 aromatic carbocycles. The summed E-state index contributed by atoms with van der Waals surface area (Å²) in [6.07, 6.45) is 1.51. The van der Waals surface area contributed by atoms with Gasteiger partial charge in [-0.15, -0.1) is 10.2 Å². The van der Waals surface area contributed by atoms with Crippen LogP contribution in [0, 0.1) is 13.8 Å². The molecule has 0 bridgehead atoms. The number of hydrogen-bond acceptors (Lipinski definition) is 7. The number of hydrogen-bond donors (Lipinski definition) is 1. The second kappa shape index (κ2) is 5.75. The van der Waals surface area contributed by atoms with E-state index in [0.717, 1.165) is 0 Å². The van der Waals surface area contributed by atoms with Crippen LogP contribution in [0.2, 0.25) is 5.15 Å². The highest BCUT2D eigenvalue weighted by molar-refractivity contribution is 6.29. The third kappa shape index (κ3) is 2.76. The Morgan fingerprint density at radius 1 is 1.08 bits per heavy atom. The molecule has 4 heterocycles. The van der Waals surface area contributed by atoms with E-state index in [2.05, 4.69) is 30.1 Å². The molecule has 0 aliphatic rings. The second-order valence-electron chi connectivity index (χ2n) is 5.41. The number of aromatic nitrogens is 6. The van der Waals surface area contributed by atoms with Gasteiger partial charge in [0.15, 0.2) is 16.9 Å². The summed E-state index contributed by atoms with van der Waals surface area (Å²) in [5.41, 5.74) is 2.44. The minimum atomic E-state index is -0.243. The van der Waals surface area contributed by atoms with E-state index in [-0.39, 0.29) is 16.8 Å². The van der Waals surface area contributed by atoms with Crippen molar-refractivity contribution in [2.24, 2.45) is 0 Å². The predicted octanol–water partition coefficient (Wildman–Crippen LogP) is 2.70. The van der Waals surface area contributed by atoms with Crippen LogP contribution in [0.4, 0.5) is 0 Å². The molecule has 4 rings (SSSR count). The Balaban J connectivity index is 2.09. The van der Waals surface area contributed by atoms with E-state index in [4.69, 9.17) is 16.0 Å². The molecule has 124 valence electrons. The van der Waals surface area contributed by atoms with E-state index >= 15 is 0 Å². The normalized spacial score (nSPS) is 11.2. The minimum absolute atomic E-state index is 0.206. The van der Waals surface area contributed by atoms with E-state index in [1.165, 1.54) is 12.3 Å². The molecule has 0 spiro atoms. The van der Waals surface area contributed by atoms with Gasteiger partial charge in [0.1, 0.15) is 10.8 Å². The lowest BCUT2D eigenvalue weighted by Gasteiger charge is -2.08. The molecule has 0 saturated carbocycles. The minimum Gasteiger partial charge on any atom is -0.420 e. The highest BCUT2D eigenvalue weighted by atomic mass is 35.5. The van der Waals surface area contributed by atoms with Gasteiger partial charge in [0.25, 0.3) is 5.89 Å². The number of aromatic amines is 1. The number of aryl methyl sites for hydroxylation is 2. The Morgan fingerprint density at radius 2 is 1.92 bits per heavy atom. The lowest BCUT2D eigenvalue weighted by molar-refractivity contribution is 0.531. The topological polar surface area (TPSA) is 110 Å². The molecular weight excluding hydrogens is 344 g/mol. The van der Waals surface area contributed by atoms with Gasteiger partial charge in [-0.05, 0) is 19.1 Å². The molecule has 0 radical (unpaired) electrons. The van der Waals surface area contributed by atoms with E-state index < -0.39 is 0 Å². The van der Waals surface area contributed by atoms with Crippen molar-refractivity contribution in [1.29, 1.82) is 0 Å². The van der Waals surface area contributed by atoms with Crippen molar-refractivity contribution in [3.63, 3.8) is 0 Å². The molecule has 0 saturated heterocycles. The average molecular weight is 355 g/mol. The molecule has 1 N–H and O–H groups in total. The molecule has 25 heavy (non-hydrogen) atoms. The summed E-state index contributed by atoms with van der Waals surface area (Å²) in [7, 11) is 0. The Hall–Kier alpha value is -3.13. The average Bonchev–Trinajstić information content (AvgIpc) is 2.99. The number of fused-ring (bicyclic) bond motifs is 1. The van der Waals surface area contributed by atoms with Gasteiger partial charge in [-0.1, -0.05) is 11.6 Å². The van der Waals surface area contributed by atoms with Gasteiger partial charge in [-0.3, -0.25) is 4.79 Å². The number of rotatable bonds is 2. The highest BCUT2D eigenvalue weighted by Gasteiger charge is 2.19. The molecule has 9 heteroatoms. The highest BCUT2D eigenvalue weighted by Crippen LogP contribution is 2.30. The van der Waals surface area contributed by atoms with Crippen molar-refractivity contribution < 1.29 is 4.42 Å². The number of halogens is 1. The van der Waals surface area contributed by atoms with Gasteiger partial charge in [-0.2, -0.15) is 0 Å². The molecule has 0 fully saturated rings. The number of nitrogens with zero attached hydrogens (tertiary/aromatic N) is 5. The van der Waals surface area contributed by atoms with Crippen LogP contribution in [0.5, 0.6) is 0 Å². The Kier molecular flexibility index (Phi) is 3.54. The van der Waals surface area contributed by atoms with Gasteiger partial charge >= 0.3 is 0 Å². The Labute approximate surface area is 146 Å². The molecule has 8 nitrogen and oxygen atoms in total. The second-order valence-corrected chi connectivity index (χ2v) is 5.79. The van der Waals surface area contributed by atoms with Crippen LogP contribution in [0.1, 0.15) is 11.6 Å². The van der Waals surface area contributed by atoms with Gasteiger partial charge in [0.2, 0.25) is 11.3 Å². The first-order chi connectivity index (χ1) is 12.0. The van der Waals surface area contributed by atoms with Gasteiger partial charge in [-0.25, -0.2) is 15.0 Å². The summed E-state index contributed by atoms with van der Waals surface area (Å²) >= 11 is 6.07. The van der Waals surface area contributed by atoms with Gasteiger partial charge < -0.3 is 9.40 Å². The number of H-pyrrole nitrogens is 1. The van der Waals surface area contributed by atoms with Crippen LogP contribution in [0.15, 0.2) is 33.6 Å². The quantitative estimate of drug-likeness (QED) is 0.551. The number of pyridine rings is 2. The predicted molar refractivity (Wildman–Crippen MR) is 91.2 cm³/mol. The van der Waals surface area contributed by atoms with Crippen LogP contribution < -0.4 is 5.43 Å². The zero-order chi connectivity index (χ0) is 17.6. The summed E-state index contributed by atoms with van der Waals surface area (Å²) in [4.78, 5) is 28.2. The van der Waals surface area contributed by atoms with Crippen LogP contribution in [0.3, 0.4) is 0 Å². The monoisotopic (exact) mass is 354 g/mol. The standard InChI is InChI=1S/C16H11ClN6O2/c1-7-5-9(6-11(17)19-7)12-14(16-23-22-8(2)25-16)21-15-13(20-12)10(24)3-4-18-15/h3-6H,1-2H3,(H,18,21,24). The first-order valence-electron chi connectivity index (χ1n) is 7.36. The fourth-order valence-corrected chi connectivity index (χ4v) is 2.74. The van der Waals surface area contributed by atoms with Crippen LogP contribution >= 0.6 is 11.6 Å². The lowest BCUT2D eigenvalue weighted by atomic mass is 10.1. The third-order valence-electron chi connectivity index (χ3n) is 3.51. The number of nitrogens with one attached hydrogen (secondary N) is 1. The molecule has 4 aromatic heterocycles. The van der Waals surface area contributed by atoms with Crippen molar-refractivity contribution in [2.75, 3.05) is 0 Å². The van der Waals surface area contributed by atoms with Crippen molar-refractivity contribution in [3.05, 3.63) is 51.4 Å². The van der Waals surface area contributed by atoms with Crippen molar-refractivity contribution >= 4 is 22.8 Å². The maximum Gasteiger partial charge on any atom is 0.268 e. The molecule has 0 unspecified atom stereocenters. The summed E-state index contributed by atoms with van der Waals surface area (Å²) in [6.45, 7) is 3.49. The van der Waals surface area contributed by atoms with Crippen molar-refractivity contribution in [2.45, 2.75) is 13.8 Å². The van der Waals surface area contributed by atoms with E-state index in [9.17, 15) is 4.79 Å². The van der Waals surface area contributed by atoms with Crippen LogP contribution in [-0.4, -0.2) is 30.1 Å². The fraction of sp³-hybridized carbons (Fsp3) is 0.125. The molecular formula is C16H11ClN6O2. The Morgan fingerprint density at radius 3 is 2.64 bits per heavy atom. The van der Waals surface area contributed by atoms with E-state index in [0.29, 0.717) is 39.3 Å². The summed E-state index contributed by atoms with van der Waals surface area (Å²) in [6, 6.07) is 4.84. The maximum atomic E-state index is 12.1. The molecule has 0 amide bonds. The zero-order valence-electron chi connectivity index (χ0n) is 13.2. The van der Waals surface area contributed by atoms with E-state index in [1.54, 1.807) is 19.1 Å². The summed E-state index contributed by atoms with van der Waals surface area (Å²) < 4.78 is 5.51. The van der Waals surface area contributed by atoms with Gasteiger partial charge in [0.05, 0.1) is 0 Å². The molecule has 0 aliphatic carbocycles. The lowest BCUT2D eigenvalue weighted by Crippen LogP contribution is -2.07. The fourth-order valence-electron chi connectivity index (χ4n) is 2.49. The smallest absolute Gasteiger partial charge is 0.268 e. The van der Waals surface area contributed by atoms with E-state index in [1.807, 2.05) is 6.92 Å². The zero-order valence-corrected chi connectivity index (χ0v) is 14.0. The largest absolute Gasteiger partial charge is 0.420 e. The molecule has 0 atom stereocenters. The summed E-state index contributed by atoms with van der Waals surface area (Å²) in [5, 5.41) is 8.16. The maximum absolute atomic E-state index is 12.1. The Bertz CT molecular complexity index is 1150. The van der Waals surface area contributed by atoms with Crippen LogP contribution in [0.25, 0.3) is 34.0 Å². The van der Waals surface area contributed by atoms with Crippen molar-refractivity contribution in [1.82, 2.24) is 30.1 Å². The first-order valence-corrected chi connectivity index (χ1v) is 7.73. The SMILES string of the molecule is Cc1cc(-c2nc3c(=O)cc[nH]c3nc2-c2nnc(C)o2)cc(Cl)n1. The first kappa shape index (κ1) is 15.4. The third-order valence-corrected chi connectivity index (χ3v) is 3.70. The van der Waals surface area contributed by atoms with Gasteiger partial charge in [0, 0.05) is 30.4 Å². The molecule has 4 aromatic rings. The molecule has 0 aliphatic heterocycles.